The van der Waals surface area contributed by atoms with E-state index >= 15 is 0 Å². The molecule has 3 aromatic rings. The van der Waals surface area contributed by atoms with Gasteiger partial charge in [-0.15, -0.1) is 0 Å². The zero-order chi connectivity index (χ0) is 23.5. The van der Waals surface area contributed by atoms with E-state index < -0.39 is 17.6 Å². The highest BCUT2D eigenvalue weighted by Crippen LogP contribution is 2.33. The molecule has 11 heteroatoms. The number of fused-ring (bicyclic) bond motifs is 1. The van der Waals surface area contributed by atoms with Crippen LogP contribution in [0.1, 0.15) is 35.7 Å². The van der Waals surface area contributed by atoms with Crippen LogP contribution >= 0.6 is 23.4 Å². The first-order valence-corrected chi connectivity index (χ1v) is 11.1. The maximum absolute atomic E-state index is 13.1. The molecule has 2 aromatic carbocycles. The number of anilines is 1. The van der Waals surface area contributed by atoms with Crippen molar-refractivity contribution in [2.75, 3.05) is 11.1 Å². The van der Waals surface area contributed by atoms with Crippen LogP contribution in [0.4, 0.5) is 18.9 Å². The minimum Gasteiger partial charge on any atom is -0.366 e. The van der Waals surface area contributed by atoms with Crippen molar-refractivity contribution in [1.29, 1.82) is 0 Å². The third-order valence-corrected chi connectivity index (χ3v) is 5.92. The monoisotopic (exact) mass is 484 g/mol. The number of nitrogens with one attached hydrogen (secondary N) is 1. The summed E-state index contributed by atoms with van der Waals surface area (Å²) in [6.45, 7) is 2.59. The Hall–Kier alpha value is -2.72. The van der Waals surface area contributed by atoms with Gasteiger partial charge < -0.3 is 15.6 Å². The van der Waals surface area contributed by atoms with Crippen molar-refractivity contribution >= 4 is 51.9 Å². The zero-order valence-electron chi connectivity index (χ0n) is 17.0. The predicted molar refractivity (Wildman–Crippen MR) is 119 cm³/mol. The Morgan fingerprint density at radius 2 is 1.97 bits per heavy atom. The number of aromatic nitrogens is 2. The molecule has 3 rings (SSSR count). The predicted octanol–water partition coefficient (Wildman–Crippen LogP) is 5.34. The van der Waals surface area contributed by atoms with E-state index in [1.807, 2.05) is 11.5 Å². The minimum atomic E-state index is -4.46. The van der Waals surface area contributed by atoms with Crippen LogP contribution < -0.4 is 11.1 Å². The SMILES string of the molecule is CCCCn1c(SCC(=O)Nc2ccc(C(N)=O)c(Cl)c2)nc2cc(C(F)(F)F)ccc21. The molecule has 0 saturated heterocycles. The quantitative estimate of drug-likeness (QED) is 0.422. The minimum absolute atomic E-state index is 0.0171. The summed E-state index contributed by atoms with van der Waals surface area (Å²) in [4.78, 5) is 28.0. The van der Waals surface area contributed by atoms with E-state index in [9.17, 15) is 22.8 Å². The Labute approximate surface area is 191 Å². The number of amides is 2. The summed E-state index contributed by atoms with van der Waals surface area (Å²) < 4.78 is 41.0. The molecule has 0 atom stereocenters. The molecule has 0 aliphatic rings. The molecule has 0 bridgehead atoms. The van der Waals surface area contributed by atoms with Gasteiger partial charge in [0.2, 0.25) is 11.8 Å². The molecule has 6 nitrogen and oxygen atoms in total. The van der Waals surface area contributed by atoms with Gasteiger partial charge in [-0.1, -0.05) is 36.7 Å². The molecule has 1 aromatic heterocycles. The summed E-state index contributed by atoms with van der Waals surface area (Å²) in [6.07, 6.45) is -2.75. The van der Waals surface area contributed by atoms with Crippen molar-refractivity contribution in [3.63, 3.8) is 0 Å². The van der Waals surface area contributed by atoms with Gasteiger partial charge in [-0.25, -0.2) is 4.98 Å². The average Bonchev–Trinajstić information content (AvgIpc) is 3.06. The molecule has 0 unspecified atom stereocenters. The van der Waals surface area contributed by atoms with E-state index in [4.69, 9.17) is 17.3 Å². The molecule has 0 fully saturated rings. The van der Waals surface area contributed by atoms with Crippen LogP contribution in [-0.4, -0.2) is 27.1 Å². The standard InChI is InChI=1S/C21H20ClF3N4O2S/c1-2-3-8-29-17-7-4-12(21(23,24)25)9-16(17)28-20(29)32-11-18(30)27-13-5-6-14(19(26)31)15(22)10-13/h4-7,9-10H,2-3,8,11H2,1H3,(H2,26,31)(H,27,30). The fourth-order valence-corrected chi connectivity index (χ4v) is 4.16. The smallest absolute Gasteiger partial charge is 0.366 e. The molecule has 170 valence electrons. The van der Waals surface area contributed by atoms with Gasteiger partial charge in [-0.2, -0.15) is 13.2 Å². The highest BCUT2D eigenvalue weighted by molar-refractivity contribution is 7.99. The number of alkyl halides is 3. The summed E-state index contributed by atoms with van der Waals surface area (Å²) in [6, 6.07) is 7.80. The molecule has 0 spiro atoms. The maximum atomic E-state index is 13.1. The lowest BCUT2D eigenvalue weighted by Crippen LogP contribution is -2.16. The molecule has 0 radical (unpaired) electrons. The fraction of sp³-hybridized carbons (Fsp3) is 0.286. The normalized spacial score (nSPS) is 11.7. The number of nitrogens with zero attached hydrogens (tertiary/aromatic N) is 2. The van der Waals surface area contributed by atoms with E-state index in [2.05, 4.69) is 10.3 Å². The van der Waals surface area contributed by atoms with Crippen molar-refractivity contribution in [1.82, 2.24) is 9.55 Å². The summed E-state index contributed by atoms with van der Waals surface area (Å²) in [5, 5.41) is 3.24. The Morgan fingerprint density at radius 1 is 1.22 bits per heavy atom. The summed E-state index contributed by atoms with van der Waals surface area (Å²) in [7, 11) is 0. The van der Waals surface area contributed by atoms with Crippen molar-refractivity contribution in [2.24, 2.45) is 5.73 Å². The van der Waals surface area contributed by atoms with Crippen LogP contribution in [0.3, 0.4) is 0 Å². The Balaban J connectivity index is 1.77. The lowest BCUT2D eigenvalue weighted by molar-refractivity contribution is -0.137. The van der Waals surface area contributed by atoms with Crippen LogP contribution in [0.25, 0.3) is 11.0 Å². The molecular weight excluding hydrogens is 465 g/mol. The van der Waals surface area contributed by atoms with Crippen molar-refractivity contribution in [2.45, 2.75) is 37.6 Å². The number of aryl methyl sites for hydroxylation is 1. The largest absolute Gasteiger partial charge is 0.416 e. The van der Waals surface area contributed by atoms with Crippen LogP contribution in [0.5, 0.6) is 0 Å². The number of imidazole rings is 1. The fourth-order valence-electron chi connectivity index (χ4n) is 3.05. The summed E-state index contributed by atoms with van der Waals surface area (Å²) >= 11 is 7.12. The second kappa shape index (κ2) is 9.83. The Morgan fingerprint density at radius 3 is 2.59 bits per heavy atom. The van der Waals surface area contributed by atoms with Crippen LogP contribution in [-0.2, 0) is 17.5 Å². The molecule has 32 heavy (non-hydrogen) atoms. The van der Waals surface area contributed by atoms with Gasteiger partial charge in [0, 0.05) is 12.2 Å². The van der Waals surface area contributed by atoms with Gasteiger partial charge in [0.25, 0.3) is 0 Å². The van der Waals surface area contributed by atoms with Gasteiger partial charge in [-0.3, -0.25) is 9.59 Å². The second-order valence-electron chi connectivity index (χ2n) is 7.00. The van der Waals surface area contributed by atoms with Crippen molar-refractivity contribution in [3.05, 3.63) is 52.5 Å². The summed E-state index contributed by atoms with van der Waals surface area (Å²) in [5.41, 5.74) is 5.78. The number of halogens is 4. The molecule has 0 saturated carbocycles. The number of unbranched alkanes of at least 4 members (excludes halogenated alkanes) is 1. The van der Waals surface area contributed by atoms with E-state index in [0.717, 1.165) is 36.7 Å². The average molecular weight is 485 g/mol. The van der Waals surface area contributed by atoms with E-state index in [0.29, 0.717) is 22.9 Å². The number of benzene rings is 2. The number of carbonyl (C=O) groups excluding carboxylic acids is 2. The molecule has 2 amide bonds. The molecule has 1 heterocycles. The van der Waals surface area contributed by atoms with E-state index in [-0.39, 0.29) is 27.8 Å². The topological polar surface area (TPSA) is 90.0 Å². The number of hydrogen-bond donors (Lipinski definition) is 2. The number of hydrogen-bond acceptors (Lipinski definition) is 4. The summed E-state index contributed by atoms with van der Waals surface area (Å²) in [5.74, 6) is -1.05. The molecule has 0 aliphatic carbocycles. The molecular formula is C21H20ClF3N4O2S. The van der Waals surface area contributed by atoms with Crippen LogP contribution in [0.15, 0.2) is 41.6 Å². The number of nitrogens with two attached hydrogens (primary N) is 1. The lowest BCUT2D eigenvalue weighted by atomic mass is 10.2. The van der Waals surface area contributed by atoms with E-state index in [1.54, 1.807) is 0 Å². The van der Waals surface area contributed by atoms with Crippen molar-refractivity contribution < 1.29 is 22.8 Å². The van der Waals surface area contributed by atoms with Gasteiger partial charge in [0.1, 0.15) is 0 Å². The van der Waals surface area contributed by atoms with Crippen LogP contribution in [0.2, 0.25) is 5.02 Å². The first-order chi connectivity index (χ1) is 15.1. The Bertz CT molecular complexity index is 1160. The lowest BCUT2D eigenvalue weighted by Gasteiger charge is -2.10. The number of carbonyl (C=O) groups is 2. The highest BCUT2D eigenvalue weighted by Gasteiger charge is 2.31. The third-order valence-electron chi connectivity index (χ3n) is 4.63. The highest BCUT2D eigenvalue weighted by atomic mass is 35.5. The maximum Gasteiger partial charge on any atom is 0.416 e. The van der Waals surface area contributed by atoms with Gasteiger partial charge in [-0.05, 0) is 42.8 Å². The Kier molecular flexibility index (Phi) is 7.35. The first-order valence-electron chi connectivity index (χ1n) is 9.69. The van der Waals surface area contributed by atoms with Crippen LogP contribution in [0, 0.1) is 0 Å². The second-order valence-corrected chi connectivity index (χ2v) is 8.35. The number of thioether (sulfide) groups is 1. The van der Waals surface area contributed by atoms with Gasteiger partial charge >= 0.3 is 6.18 Å². The third kappa shape index (κ3) is 5.55. The molecule has 0 aliphatic heterocycles. The zero-order valence-corrected chi connectivity index (χ0v) is 18.6. The number of rotatable bonds is 8. The number of primary amides is 1. The van der Waals surface area contributed by atoms with Crippen molar-refractivity contribution in [3.8, 4) is 0 Å². The van der Waals surface area contributed by atoms with Gasteiger partial charge in [0.15, 0.2) is 5.16 Å². The van der Waals surface area contributed by atoms with Gasteiger partial charge in [0.05, 0.1) is 32.9 Å². The first kappa shape index (κ1) is 23.9. The molecule has 3 N–H and O–H groups in total. The van der Waals surface area contributed by atoms with E-state index in [1.165, 1.54) is 24.3 Å².